The van der Waals surface area contributed by atoms with E-state index in [1.54, 1.807) is 6.07 Å². The maximum atomic E-state index is 14.0. The Hall–Kier alpha value is -3.45. The smallest absolute Gasteiger partial charge is 0.308 e. The van der Waals surface area contributed by atoms with Crippen LogP contribution in [0.3, 0.4) is 0 Å². The average molecular weight is 547 g/mol. The van der Waals surface area contributed by atoms with Gasteiger partial charge < -0.3 is 14.4 Å². The van der Waals surface area contributed by atoms with Gasteiger partial charge in [0.2, 0.25) is 0 Å². The minimum atomic E-state index is -0.386. The Morgan fingerprint density at radius 2 is 1.85 bits per heavy atom. The quantitative estimate of drug-likeness (QED) is 0.243. The number of fused-ring (bicyclic) bond motifs is 1. The molecule has 4 atom stereocenters. The fourth-order valence-electron chi connectivity index (χ4n) is 6.73. The van der Waals surface area contributed by atoms with Crippen molar-refractivity contribution in [3.05, 3.63) is 78.4 Å². The van der Waals surface area contributed by atoms with Crippen molar-refractivity contribution in [3.8, 4) is 5.75 Å². The molecule has 40 heavy (non-hydrogen) atoms. The molecule has 0 radical (unpaired) electrons. The first-order valence-corrected chi connectivity index (χ1v) is 14.3. The molecule has 2 fully saturated rings. The molecule has 7 nitrogen and oxygen atoms in total. The standard InChI is InChI=1S/C33H42N2O5/c1-6-16-34-17-15-33(27-13-10-14-29(18-27)39-24(4)36)20-28(19-31(30(33)22-34)40-25(5)37)35(21-23(2)3)32(38)26-11-8-7-9-12-26/h6-14,18,23,28,30-31H,1,15-17,19-22H2,2-5H3/t28-,30-,31?,33-/m0/s1. The van der Waals surface area contributed by atoms with E-state index >= 15 is 0 Å². The Balaban J connectivity index is 1.82. The summed E-state index contributed by atoms with van der Waals surface area (Å²) >= 11 is 0. The van der Waals surface area contributed by atoms with Crippen molar-refractivity contribution in [2.75, 3.05) is 26.2 Å². The lowest BCUT2D eigenvalue weighted by Crippen LogP contribution is -2.62. The highest BCUT2D eigenvalue weighted by atomic mass is 16.5. The summed E-state index contributed by atoms with van der Waals surface area (Å²) in [7, 11) is 0. The maximum absolute atomic E-state index is 14.0. The van der Waals surface area contributed by atoms with Crippen molar-refractivity contribution in [2.45, 2.75) is 64.5 Å². The first kappa shape index (κ1) is 29.5. The Morgan fingerprint density at radius 1 is 1.10 bits per heavy atom. The molecule has 0 spiro atoms. The lowest BCUT2D eigenvalue weighted by atomic mass is 9.56. The number of carbonyl (C=O) groups is 3. The van der Waals surface area contributed by atoms with Crippen LogP contribution in [0.15, 0.2) is 67.3 Å². The van der Waals surface area contributed by atoms with Crippen molar-refractivity contribution in [2.24, 2.45) is 11.8 Å². The van der Waals surface area contributed by atoms with Crippen LogP contribution in [-0.2, 0) is 19.7 Å². The molecule has 1 unspecified atom stereocenters. The molecule has 2 aliphatic rings. The highest BCUT2D eigenvalue weighted by Crippen LogP contribution is 2.51. The number of esters is 2. The van der Waals surface area contributed by atoms with E-state index in [0.29, 0.717) is 24.3 Å². The molecule has 2 aromatic carbocycles. The van der Waals surface area contributed by atoms with E-state index < -0.39 is 0 Å². The van der Waals surface area contributed by atoms with Gasteiger partial charge in [-0.1, -0.05) is 50.3 Å². The minimum Gasteiger partial charge on any atom is -0.462 e. The van der Waals surface area contributed by atoms with Crippen LogP contribution in [0.25, 0.3) is 0 Å². The number of carbonyl (C=O) groups excluding carboxylic acids is 3. The van der Waals surface area contributed by atoms with Crippen LogP contribution in [0.4, 0.5) is 0 Å². The summed E-state index contributed by atoms with van der Waals surface area (Å²) in [6.07, 6.45) is 3.65. The Morgan fingerprint density at radius 3 is 2.50 bits per heavy atom. The number of nitrogens with zero attached hydrogens (tertiary/aromatic N) is 2. The van der Waals surface area contributed by atoms with Crippen molar-refractivity contribution in [3.63, 3.8) is 0 Å². The number of hydrogen-bond acceptors (Lipinski definition) is 6. The Labute approximate surface area is 238 Å². The monoisotopic (exact) mass is 546 g/mol. The fraction of sp³-hybridized carbons (Fsp3) is 0.485. The van der Waals surface area contributed by atoms with Gasteiger partial charge in [-0.3, -0.25) is 19.3 Å². The summed E-state index contributed by atoms with van der Waals surface area (Å²) in [4.78, 5) is 42.5. The van der Waals surface area contributed by atoms with Gasteiger partial charge >= 0.3 is 11.9 Å². The summed E-state index contributed by atoms with van der Waals surface area (Å²) in [5.74, 6) is 0.0584. The van der Waals surface area contributed by atoms with E-state index in [0.717, 1.165) is 38.0 Å². The molecule has 1 heterocycles. The SMILES string of the molecule is C=CCN1CC[C@@]2(c3cccc(OC(C)=O)c3)C[C@@H](N(CC(C)C)C(=O)c3ccccc3)CC(OC(C)=O)[C@@H]2C1. The molecular weight excluding hydrogens is 504 g/mol. The second-order valence-electron chi connectivity index (χ2n) is 11.6. The van der Waals surface area contributed by atoms with Crippen molar-refractivity contribution in [1.29, 1.82) is 0 Å². The molecule has 2 aromatic rings. The first-order chi connectivity index (χ1) is 19.1. The van der Waals surface area contributed by atoms with E-state index in [-0.39, 0.29) is 47.2 Å². The third-order valence-electron chi connectivity index (χ3n) is 8.25. The van der Waals surface area contributed by atoms with Gasteiger partial charge in [0.15, 0.2) is 0 Å². The van der Waals surface area contributed by atoms with Gasteiger partial charge in [-0.05, 0) is 55.1 Å². The summed E-state index contributed by atoms with van der Waals surface area (Å²) in [6, 6.07) is 17.0. The van der Waals surface area contributed by atoms with Gasteiger partial charge in [0, 0.05) is 62.8 Å². The van der Waals surface area contributed by atoms with Gasteiger partial charge in [0.25, 0.3) is 5.91 Å². The van der Waals surface area contributed by atoms with Crippen LogP contribution in [0, 0.1) is 11.8 Å². The molecule has 7 heteroatoms. The lowest BCUT2D eigenvalue weighted by molar-refractivity contribution is -0.159. The number of amides is 1. The third-order valence-corrected chi connectivity index (χ3v) is 8.25. The average Bonchev–Trinajstić information content (AvgIpc) is 2.91. The molecule has 0 aromatic heterocycles. The van der Waals surface area contributed by atoms with E-state index in [1.807, 2.05) is 53.4 Å². The van der Waals surface area contributed by atoms with Crippen molar-refractivity contribution >= 4 is 17.8 Å². The number of piperidine rings is 1. The van der Waals surface area contributed by atoms with E-state index in [9.17, 15) is 14.4 Å². The summed E-state index contributed by atoms with van der Waals surface area (Å²) in [5.41, 5.74) is 1.32. The molecule has 0 bridgehead atoms. The summed E-state index contributed by atoms with van der Waals surface area (Å²) in [5, 5.41) is 0. The molecule has 1 aliphatic heterocycles. The van der Waals surface area contributed by atoms with Crippen LogP contribution < -0.4 is 4.74 Å². The highest BCUT2D eigenvalue weighted by molar-refractivity contribution is 5.94. The van der Waals surface area contributed by atoms with Gasteiger partial charge in [0.05, 0.1) is 0 Å². The van der Waals surface area contributed by atoms with E-state index in [2.05, 4.69) is 31.4 Å². The molecule has 1 amide bonds. The predicted octanol–water partition coefficient (Wildman–Crippen LogP) is 5.25. The fourth-order valence-corrected chi connectivity index (χ4v) is 6.73. The Kier molecular flexibility index (Phi) is 9.46. The number of likely N-dealkylation sites (tertiary alicyclic amines) is 1. The predicted molar refractivity (Wildman–Crippen MR) is 155 cm³/mol. The van der Waals surface area contributed by atoms with Crippen LogP contribution >= 0.6 is 0 Å². The van der Waals surface area contributed by atoms with E-state index in [1.165, 1.54) is 13.8 Å². The molecule has 1 saturated heterocycles. The molecule has 1 aliphatic carbocycles. The largest absolute Gasteiger partial charge is 0.462 e. The number of rotatable bonds is 9. The van der Waals surface area contributed by atoms with Gasteiger partial charge in [-0.2, -0.15) is 0 Å². The van der Waals surface area contributed by atoms with Gasteiger partial charge in [0.1, 0.15) is 11.9 Å². The number of hydrogen-bond donors (Lipinski definition) is 0. The zero-order valence-electron chi connectivity index (χ0n) is 24.2. The van der Waals surface area contributed by atoms with Gasteiger partial charge in [-0.25, -0.2) is 0 Å². The molecular formula is C33H42N2O5. The number of benzene rings is 2. The first-order valence-electron chi connectivity index (χ1n) is 14.3. The van der Waals surface area contributed by atoms with Crippen LogP contribution in [0.5, 0.6) is 5.75 Å². The summed E-state index contributed by atoms with van der Waals surface area (Å²) < 4.78 is 11.6. The molecule has 214 valence electrons. The zero-order chi connectivity index (χ0) is 28.9. The molecule has 0 N–H and O–H groups in total. The topological polar surface area (TPSA) is 76.2 Å². The molecule has 1 saturated carbocycles. The summed E-state index contributed by atoms with van der Waals surface area (Å²) in [6.45, 7) is 14.0. The second kappa shape index (κ2) is 12.8. The van der Waals surface area contributed by atoms with E-state index in [4.69, 9.17) is 9.47 Å². The highest BCUT2D eigenvalue weighted by Gasteiger charge is 2.54. The third kappa shape index (κ3) is 6.64. The zero-order valence-corrected chi connectivity index (χ0v) is 24.2. The van der Waals surface area contributed by atoms with Crippen molar-refractivity contribution in [1.82, 2.24) is 9.80 Å². The van der Waals surface area contributed by atoms with Gasteiger partial charge in [-0.15, -0.1) is 6.58 Å². The minimum absolute atomic E-state index is 0.00153. The second-order valence-corrected chi connectivity index (χ2v) is 11.6. The number of ether oxygens (including phenoxy) is 2. The van der Waals surface area contributed by atoms with Crippen LogP contribution in [0.2, 0.25) is 0 Å². The van der Waals surface area contributed by atoms with Crippen LogP contribution in [0.1, 0.15) is 62.9 Å². The van der Waals surface area contributed by atoms with Crippen molar-refractivity contribution < 1.29 is 23.9 Å². The lowest BCUT2D eigenvalue weighted by Gasteiger charge is -2.56. The maximum Gasteiger partial charge on any atom is 0.308 e. The Bertz CT molecular complexity index is 1210. The normalized spacial score (nSPS) is 24.6. The molecule has 4 rings (SSSR count). The van der Waals surface area contributed by atoms with Crippen LogP contribution in [-0.4, -0.2) is 66.0 Å².